The lowest BCUT2D eigenvalue weighted by molar-refractivity contribution is 0.102. The highest BCUT2D eigenvalue weighted by atomic mass is 32.2. The molecule has 0 saturated carbocycles. The molecule has 1 N–H and O–H groups in total. The Morgan fingerprint density at radius 1 is 1.08 bits per heavy atom. The SMILES string of the molecule is O=C(CSc1ncnc2c1oc1ccccc12)c1ccc(O)cc1. The predicted molar refractivity (Wildman–Crippen MR) is 92.5 cm³/mol. The second-order valence-electron chi connectivity index (χ2n) is 5.21. The molecule has 2 heterocycles. The first-order valence-electron chi connectivity index (χ1n) is 7.29. The van der Waals surface area contributed by atoms with E-state index in [0.29, 0.717) is 16.2 Å². The maximum Gasteiger partial charge on any atom is 0.186 e. The maximum absolute atomic E-state index is 12.3. The number of hydrogen-bond donors (Lipinski definition) is 1. The minimum Gasteiger partial charge on any atom is -0.508 e. The normalized spacial score (nSPS) is 11.2. The third kappa shape index (κ3) is 2.61. The highest BCUT2D eigenvalue weighted by molar-refractivity contribution is 8.00. The van der Waals surface area contributed by atoms with E-state index in [2.05, 4.69) is 9.97 Å². The summed E-state index contributed by atoms with van der Waals surface area (Å²) in [6.45, 7) is 0. The Morgan fingerprint density at radius 3 is 2.71 bits per heavy atom. The Kier molecular flexibility index (Phi) is 3.66. The first-order chi connectivity index (χ1) is 11.7. The van der Waals surface area contributed by atoms with Crippen molar-refractivity contribution < 1.29 is 14.3 Å². The second-order valence-corrected chi connectivity index (χ2v) is 6.18. The first-order valence-corrected chi connectivity index (χ1v) is 8.28. The molecule has 24 heavy (non-hydrogen) atoms. The van der Waals surface area contributed by atoms with Crippen molar-refractivity contribution in [1.82, 2.24) is 9.97 Å². The molecule has 0 aliphatic carbocycles. The summed E-state index contributed by atoms with van der Waals surface area (Å²) in [6.07, 6.45) is 1.48. The Hall–Kier alpha value is -2.86. The lowest BCUT2D eigenvalue weighted by Gasteiger charge is -2.02. The summed E-state index contributed by atoms with van der Waals surface area (Å²) in [4.78, 5) is 20.8. The topological polar surface area (TPSA) is 76.2 Å². The lowest BCUT2D eigenvalue weighted by atomic mass is 10.1. The number of phenolic OH excluding ortho intramolecular Hbond substituents is 1. The van der Waals surface area contributed by atoms with Gasteiger partial charge in [-0.3, -0.25) is 4.79 Å². The molecular weight excluding hydrogens is 324 g/mol. The van der Waals surface area contributed by atoms with E-state index in [9.17, 15) is 9.90 Å². The number of aromatic nitrogens is 2. The van der Waals surface area contributed by atoms with Crippen molar-refractivity contribution in [2.75, 3.05) is 5.75 Å². The van der Waals surface area contributed by atoms with E-state index in [4.69, 9.17) is 4.42 Å². The van der Waals surface area contributed by atoms with Crippen molar-refractivity contribution in [1.29, 1.82) is 0 Å². The van der Waals surface area contributed by atoms with E-state index in [-0.39, 0.29) is 17.3 Å². The van der Waals surface area contributed by atoms with Crippen LogP contribution in [0.2, 0.25) is 0 Å². The number of phenols is 1. The molecule has 0 spiro atoms. The van der Waals surface area contributed by atoms with Gasteiger partial charge in [0.25, 0.3) is 0 Å². The standard InChI is InChI=1S/C18H12N2O3S/c21-12-7-5-11(6-8-12)14(22)9-24-18-17-16(19-10-20-18)13-3-1-2-4-15(13)23-17/h1-8,10,21H,9H2. The zero-order valence-corrected chi connectivity index (χ0v) is 13.3. The number of para-hydroxylation sites is 1. The minimum absolute atomic E-state index is 0.0390. The molecule has 118 valence electrons. The highest BCUT2D eigenvalue weighted by Gasteiger charge is 2.15. The van der Waals surface area contributed by atoms with Gasteiger partial charge in [-0.25, -0.2) is 9.97 Å². The van der Waals surface area contributed by atoms with Gasteiger partial charge < -0.3 is 9.52 Å². The van der Waals surface area contributed by atoms with Crippen molar-refractivity contribution >= 4 is 39.6 Å². The van der Waals surface area contributed by atoms with E-state index in [1.165, 1.54) is 30.2 Å². The van der Waals surface area contributed by atoms with Gasteiger partial charge in [-0.05, 0) is 36.4 Å². The molecule has 0 radical (unpaired) electrons. The van der Waals surface area contributed by atoms with Gasteiger partial charge in [0.05, 0.1) is 5.75 Å². The number of rotatable bonds is 4. The van der Waals surface area contributed by atoms with Crippen molar-refractivity contribution in [2.24, 2.45) is 0 Å². The molecule has 0 aliphatic rings. The van der Waals surface area contributed by atoms with Crippen LogP contribution < -0.4 is 0 Å². The van der Waals surface area contributed by atoms with Gasteiger partial charge in [0, 0.05) is 10.9 Å². The number of hydrogen-bond acceptors (Lipinski definition) is 6. The van der Waals surface area contributed by atoms with E-state index in [0.717, 1.165) is 16.5 Å². The number of ketones is 1. The van der Waals surface area contributed by atoms with Crippen LogP contribution in [0.15, 0.2) is 64.3 Å². The number of furan rings is 1. The van der Waals surface area contributed by atoms with Gasteiger partial charge in [-0.2, -0.15) is 0 Å². The van der Waals surface area contributed by atoms with Gasteiger partial charge >= 0.3 is 0 Å². The molecule has 2 aromatic heterocycles. The van der Waals surface area contributed by atoms with Gasteiger partial charge in [-0.15, -0.1) is 0 Å². The fraction of sp³-hybridized carbons (Fsp3) is 0.0556. The second kappa shape index (κ2) is 5.98. The molecule has 4 aromatic rings. The van der Waals surface area contributed by atoms with E-state index in [1.807, 2.05) is 24.3 Å². The maximum atomic E-state index is 12.3. The summed E-state index contributed by atoms with van der Waals surface area (Å²) in [7, 11) is 0. The molecule has 5 nitrogen and oxygen atoms in total. The molecule has 0 saturated heterocycles. The number of nitrogens with zero attached hydrogens (tertiary/aromatic N) is 2. The van der Waals surface area contributed by atoms with Crippen molar-refractivity contribution in [3.63, 3.8) is 0 Å². The summed E-state index contributed by atoms with van der Waals surface area (Å²) >= 11 is 1.32. The van der Waals surface area contributed by atoms with Gasteiger partial charge in [0.2, 0.25) is 0 Å². The van der Waals surface area contributed by atoms with Crippen molar-refractivity contribution in [3.8, 4) is 5.75 Å². The zero-order valence-electron chi connectivity index (χ0n) is 12.5. The summed E-state index contributed by atoms with van der Waals surface area (Å²) in [5.74, 6) is 0.329. The number of carbonyl (C=O) groups is 1. The van der Waals surface area contributed by atoms with Crippen LogP contribution >= 0.6 is 11.8 Å². The number of aromatic hydroxyl groups is 1. The van der Waals surface area contributed by atoms with E-state index in [1.54, 1.807) is 12.1 Å². The fourth-order valence-electron chi connectivity index (χ4n) is 2.47. The van der Waals surface area contributed by atoms with Gasteiger partial charge in [0.1, 0.15) is 28.2 Å². The van der Waals surface area contributed by atoms with E-state index < -0.39 is 0 Å². The monoisotopic (exact) mass is 336 g/mol. The number of thioether (sulfide) groups is 1. The molecule has 4 rings (SSSR count). The predicted octanol–water partition coefficient (Wildman–Crippen LogP) is 4.06. The zero-order chi connectivity index (χ0) is 16.5. The van der Waals surface area contributed by atoms with E-state index >= 15 is 0 Å². The molecule has 0 amide bonds. The number of Topliss-reactive ketones (excluding diaryl/α,β-unsaturated/α-hetero) is 1. The van der Waals surface area contributed by atoms with Gasteiger partial charge in [0.15, 0.2) is 11.4 Å². The third-order valence-electron chi connectivity index (χ3n) is 3.65. The van der Waals surface area contributed by atoms with Crippen LogP contribution in [0.5, 0.6) is 5.75 Å². The molecule has 0 bridgehead atoms. The van der Waals surface area contributed by atoms with Gasteiger partial charge in [-0.1, -0.05) is 23.9 Å². The van der Waals surface area contributed by atoms with Crippen LogP contribution in [0.3, 0.4) is 0 Å². The fourth-order valence-corrected chi connectivity index (χ4v) is 3.30. The number of fused-ring (bicyclic) bond motifs is 3. The Balaban J connectivity index is 1.62. The van der Waals surface area contributed by atoms with Crippen molar-refractivity contribution in [3.05, 3.63) is 60.4 Å². The largest absolute Gasteiger partial charge is 0.508 e. The number of benzene rings is 2. The molecule has 2 aromatic carbocycles. The van der Waals surface area contributed by atoms with Crippen molar-refractivity contribution in [2.45, 2.75) is 5.03 Å². The van der Waals surface area contributed by atoms with Crippen LogP contribution in [0.4, 0.5) is 0 Å². The first kappa shape index (κ1) is 14.7. The molecule has 0 fully saturated rings. The highest BCUT2D eigenvalue weighted by Crippen LogP contribution is 2.32. The summed E-state index contributed by atoms with van der Waals surface area (Å²) in [5, 5.41) is 10.9. The smallest absolute Gasteiger partial charge is 0.186 e. The Labute approximate surface area is 141 Å². The summed E-state index contributed by atoms with van der Waals surface area (Å²) < 4.78 is 5.85. The lowest BCUT2D eigenvalue weighted by Crippen LogP contribution is -2.02. The Bertz CT molecular complexity index is 1040. The molecule has 0 aliphatic heterocycles. The molecule has 6 heteroatoms. The van der Waals surface area contributed by atoms with Crippen LogP contribution in [-0.2, 0) is 0 Å². The summed E-state index contributed by atoms with van der Waals surface area (Å²) in [6, 6.07) is 13.9. The number of carbonyl (C=O) groups excluding carboxylic acids is 1. The van der Waals surface area contributed by atoms with Crippen LogP contribution in [-0.4, -0.2) is 26.6 Å². The average molecular weight is 336 g/mol. The minimum atomic E-state index is -0.0390. The summed E-state index contributed by atoms with van der Waals surface area (Å²) in [5.41, 5.74) is 2.65. The molecule has 0 atom stereocenters. The van der Waals surface area contributed by atoms with Crippen LogP contribution in [0, 0.1) is 0 Å². The third-order valence-corrected chi connectivity index (χ3v) is 4.63. The molecule has 0 unspecified atom stereocenters. The molecular formula is C18H12N2O3S. The Morgan fingerprint density at radius 2 is 1.88 bits per heavy atom. The van der Waals surface area contributed by atoms with Crippen LogP contribution in [0.25, 0.3) is 22.1 Å². The van der Waals surface area contributed by atoms with Crippen LogP contribution in [0.1, 0.15) is 10.4 Å². The average Bonchev–Trinajstić information content (AvgIpc) is 2.99. The quantitative estimate of drug-likeness (QED) is 0.344.